The first-order valence-corrected chi connectivity index (χ1v) is 11.8. The van der Waals surface area contributed by atoms with E-state index in [0.717, 1.165) is 32.5 Å². The molecule has 2 aromatic carbocycles. The second-order valence-electron chi connectivity index (χ2n) is 9.34. The normalized spacial score (nSPS) is 23.5. The summed E-state index contributed by atoms with van der Waals surface area (Å²) in [7, 11) is 0. The topological polar surface area (TPSA) is 71.1 Å². The van der Waals surface area contributed by atoms with Crippen molar-refractivity contribution in [2.24, 2.45) is 0 Å². The van der Waals surface area contributed by atoms with Gasteiger partial charge in [-0.05, 0) is 43.9 Å². The highest BCUT2D eigenvalue weighted by Gasteiger charge is 2.50. The van der Waals surface area contributed by atoms with E-state index in [0.29, 0.717) is 43.2 Å². The minimum absolute atomic E-state index is 0.0799. The average molecular weight is 450 g/mol. The largest absolute Gasteiger partial charge is 0.486 e. The van der Waals surface area contributed by atoms with Crippen molar-refractivity contribution in [2.45, 2.75) is 50.7 Å². The van der Waals surface area contributed by atoms with Gasteiger partial charge in [-0.3, -0.25) is 14.5 Å². The Bertz CT molecular complexity index is 1020. The van der Waals surface area contributed by atoms with E-state index in [2.05, 4.69) is 34.5 Å². The number of hydrogen-bond acceptors (Lipinski definition) is 5. The van der Waals surface area contributed by atoms with Crippen LogP contribution >= 0.6 is 0 Å². The molecule has 2 fully saturated rings. The number of carbonyl (C=O) groups excluding carboxylic acids is 2. The molecule has 3 aliphatic heterocycles. The molecule has 0 aliphatic carbocycles. The number of anilines is 1. The highest BCUT2D eigenvalue weighted by Crippen LogP contribution is 2.37. The molecular formula is C26H31N3O4. The van der Waals surface area contributed by atoms with Crippen molar-refractivity contribution < 1.29 is 19.1 Å². The molecule has 1 unspecified atom stereocenters. The Morgan fingerprint density at radius 2 is 1.79 bits per heavy atom. The molecule has 1 N–H and O–H groups in total. The third-order valence-electron chi connectivity index (χ3n) is 7.09. The van der Waals surface area contributed by atoms with E-state index in [1.54, 1.807) is 6.07 Å². The van der Waals surface area contributed by atoms with Crippen LogP contribution in [-0.2, 0) is 16.1 Å². The third kappa shape index (κ3) is 4.42. The zero-order chi connectivity index (χ0) is 22.8. The Morgan fingerprint density at radius 1 is 1.06 bits per heavy atom. The molecule has 1 atom stereocenters. The van der Waals surface area contributed by atoms with Crippen molar-refractivity contribution in [3.8, 4) is 11.5 Å². The van der Waals surface area contributed by atoms with Gasteiger partial charge in [0.15, 0.2) is 11.5 Å². The number of rotatable bonds is 5. The number of likely N-dealkylation sites (tertiary alicyclic amines) is 2. The first kappa shape index (κ1) is 21.8. The zero-order valence-corrected chi connectivity index (χ0v) is 19.1. The lowest BCUT2D eigenvalue weighted by Gasteiger charge is -2.43. The van der Waals surface area contributed by atoms with E-state index in [9.17, 15) is 9.59 Å². The lowest BCUT2D eigenvalue weighted by molar-refractivity contribution is -0.142. The van der Waals surface area contributed by atoms with Gasteiger partial charge in [0.25, 0.3) is 0 Å². The molecule has 0 radical (unpaired) electrons. The van der Waals surface area contributed by atoms with Crippen LogP contribution in [0, 0.1) is 0 Å². The van der Waals surface area contributed by atoms with E-state index < -0.39 is 5.54 Å². The second kappa shape index (κ2) is 9.06. The first-order valence-electron chi connectivity index (χ1n) is 11.8. The molecule has 0 saturated carbocycles. The van der Waals surface area contributed by atoms with Gasteiger partial charge in [0.1, 0.15) is 18.8 Å². The fourth-order valence-corrected chi connectivity index (χ4v) is 5.26. The molecule has 0 spiro atoms. The molecular weight excluding hydrogens is 418 g/mol. The van der Waals surface area contributed by atoms with Crippen molar-refractivity contribution in [3.05, 3.63) is 54.1 Å². The Hall–Kier alpha value is -3.06. The number of carbonyl (C=O) groups is 2. The summed E-state index contributed by atoms with van der Waals surface area (Å²) < 4.78 is 11.2. The van der Waals surface area contributed by atoms with Gasteiger partial charge >= 0.3 is 0 Å². The number of nitrogens with one attached hydrogen (secondary N) is 1. The van der Waals surface area contributed by atoms with E-state index >= 15 is 0 Å². The maximum Gasteiger partial charge on any atom is 0.250 e. The predicted molar refractivity (Wildman–Crippen MR) is 125 cm³/mol. The number of benzene rings is 2. The van der Waals surface area contributed by atoms with Gasteiger partial charge in [0.05, 0.1) is 0 Å². The average Bonchev–Trinajstić information content (AvgIpc) is 3.15. The highest BCUT2D eigenvalue weighted by molar-refractivity contribution is 6.02. The maximum atomic E-state index is 13.4. The molecule has 3 heterocycles. The van der Waals surface area contributed by atoms with E-state index in [1.165, 1.54) is 5.56 Å². The number of fused-ring (bicyclic) bond motifs is 1. The van der Waals surface area contributed by atoms with Crippen LogP contribution in [0.4, 0.5) is 5.69 Å². The Labute approximate surface area is 194 Å². The summed E-state index contributed by atoms with van der Waals surface area (Å²) >= 11 is 0. The fourth-order valence-electron chi connectivity index (χ4n) is 5.26. The number of amides is 2. The molecule has 174 valence electrons. The van der Waals surface area contributed by atoms with Gasteiger partial charge in [-0.1, -0.05) is 30.3 Å². The quantitative estimate of drug-likeness (QED) is 0.757. The van der Waals surface area contributed by atoms with Crippen LogP contribution in [0.1, 0.15) is 38.2 Å². The third-order valence-corrected chi connectivity index (χ3v) is 7.09. The Balaban J connectivity index is 1.25. The molecule has 5 rings (SSSR count). The minimum atomic E-state index is -0.851. The van der Waals surface area contributed by atoms with E-state index in [4.69, 9.17) is 9.47 Å². The second-order valence-corrected chi connectivity index (χ2v) is 9.34. The SMILES string of the molecule is CC1(C(=O)Nc2ccc3c(c2)OCCO3)CCC(=O)N1C1CCN(Cc2ccccc2)CC1. The molecule has 2 aromatic rings. The van der Waals surface area contributed by atoms with E-state index in [1.807, 2.05) is 30.0 Å². The molecule has 33 heavy (non-hydrogen) atoms. The summed E-state index contributed by atoms with van der Waals surface area (Å²) in [6.07, 6.45) is 2.71. The van der Waals surface area contributed by atoms with Crippen LogP contribution in [0.3, 0.4) is 0 Å². The van der Waals surface area contributed by atoms with Crippen molar-refractivity contribution in [3.63, 3.8) is 0 Å². The van der Waals surface area contributed by atoms with Gasteiger partial charge < -0.3 is 19.7 Å². The van der Waals surface area contributed by atoms with Crippen LogP contribution in [0.5, 0.6) is 11.5 Å². The van der Waals surface area contributed by atoms with Crippen molar-refractivity contribution in [1.29, 1.82) is 0 Å². The Kier molecular flexibility index (Phi) is 5.98. The predicted octanol–water partition coefficient (Wildman–Crippen LogP) is 3.44. The zero-order valence-electron chi connectivity index (χ0n) is 19.1. The van der Waals surface area contributed by atoms with Gasteiger partial charge in [-0.15, -0.1) is 0 Å². The lowest BCUT2D eigenvalue weighted by Crippen LogP contribution is -2.58. The summed E-state index contributed by atoms with van der Waals surface area (Å²) in [5.74, 6) is 1.26. The lowest BCUT2D eigenvalue weighted by atomic mass is 9.93. The molecule has 7 heteroatoms. The van der Waals surface area contributed by atoms with Crippen LogP contribution < -0.4 is 14.8 Å². The standard InChI is InChI=1S/C26H31N3O4/c1-26(25(31)27-20-7-8-22-23(17-20)33-16-15-32-22)12-9-24(30)29(26)21-10-13-28(14-11-21)18-19-5-3-2-4-6-19/h2-8,17,21H,9-16,18H2,1H3,(H,27,31). The number of hydrogen-bond donors (Lipinski definition) is 1. The number of ether oxygens (including phenoxy) is 2. The van der Waals surface area contributed by atoms with Gasteiger partial charge in [-0.2, -0.15) is 0 Å². The Morgan fingerprint density at radius 3 is 2.55 bits per heavy atom. The van der Waals surface area contributed by atoms with Crippen LogP contribution in [0.25, 0.3) is 0 Å². The molecule has 0 bridgehead atoms. The summed E-state index contributed by atoms with van der Waals surface area (Å²) in [6, 6.07) is 16.0. The number of nitrogens with zero attached hydrogens (tertiary/aromatic N) is 2. The van der Waals surface area contributed by atoms with Crippen molar-refractivity contribution >= 4 is 17.5 Å². The summed E-state index contributed by atoms with van der Waals surface area (Å²) in [4.78, 5) is 30.6. The van der Waals surface area contributed by atoms with E-state index in [-0.39, 0.29) is 17.9 Å². The smallest absolute Gasteiger partial charge is 0.250 e. The molecule has 2 saturated heterocycles. The maximum absolute atomic E-state index is 13.4. The van der Waals surface area contributed by atoms with Crippen LogP contribution in [-0.4, -0.2) is 59.5 Å². The fraction of sp³-hybridized carbons (Fsp3) is 0.462. The van der Waals surface area contributed by atoms with Gasteiger partial charge in [0.2, 0.25) is 11.8 Å². The summed E-state index contributed by atoms with van der Waals surface area (Å²) in [6.45, 7) is 5.68. The van der Waals surface area contributed by atoms with Crippen LogP contribution in [0.2, 0.25) is 0 Å². The molecule has 0 aromatic heterocycles. The van der Waals surface area contributed by atoms with Crippen LogP contribution in [0.15, 0.2) is 48.5 Å². The van der Waals surface area contributed by atoms with Gasteiger partial charge in [0, 0.05) is 43.9 Å². The molecule has 3 aliphatic rings. The molecule has 7 nitrogen and oxygen atoms in total. The summed E-state index contributed by atoms with van der Waals surface area (Å²) in [5.41, 5.74) is 1.11. The molecule has 2 amide bonds. The first-order chi connectivity index (χ1) is 16.0. The number of piperidine rings is 1. The van der Waals surface area contributed by atoms with Crippen molar-refractivity contribution in [2.75, 3.05) is 31.6 Å². The van der Waals surface area contributed by atoms with Gasteiger partial charge in [-0.25, -0.2) is 0 Å². The van der Waals surface area contributed by atoms with Crippen molar-refractivity contribution in [1.82, 2.24) is 9.80 Å². The minimum Gasteiger partial charge on any atom is -0.486 e. The summed E-state index contributed by atoms with van der Waals surface area (Å²) in [5, 5.41) is 3.03. The monoisotopic (exact) mass is 449 g/mol. The highest BCUT2D eigenvalue weighted by atomic mass is 16.6.